The number of halogens is 3. The Morgan fingerprint density at radius 2 is 1.77 bits per heavy atom. The number of fused-ring (bicyclic) bond motifs is 2. The average Bonchev–Trinajstić information content (AvgIpc) is 3.38. The van der Waals surface area contributed by atoms with Crippen LogP contribution in [0.2, 0.25) is 0 Å². The van der Waals surface area contributed by atoms with E-state index in [1.807, 2.05) is 0 Å². The van der Waals surface area contributed by atoms with Gasteiger partial charge >= 0.3 is 6.18 Å². The van der Waals surface area contributed by atoms with Gasteiger partial charge in [0.1, 0.15) is 21.4 Å². The lowest BCUT2D eigenvalue weighted by molar-refractivity contribution is -0.147. The molecule has 1 aliphatic rings. The zero-order valence-electron chi connectivity index (χ0n) is 15.8. The van der Waals surface area contributed by atoms with E-state index < -0.39 is 28.1 Å². The number of hydrogen-bond donors (Lipinski definition) is 0. The fourth-order valence-corrected chi connectivity index (χ4v) is 6.17. The van der Waals surface area contributed by atoms with Crippen LogP contribution < -0.4 is 0 Å². The van der Waals surface area contributed by atoms with Crippen LogP contribution in [0.5, 0.6) is 0 Å². The van der Waals surface area contributed by atoms with E-state index in [9.17, 15) is 21.6 Å². The first kappa shape index (κ1) is 20.3. The lowest BCUT2D eigenvalue weighted by Gasteiger charge is -2.32. The summed E-state index contributed by atoms with van der Waals surface area (Å²) >= 11 is 0.927. The van der Waals surface area contributed by atoms with Gasteiger partial charge in [-0.05, 0) is 37.1 Å². The van der Waals surface area contributed by atoms with E-state index in [2.05, 4.69) is 18.7 Å². The summed E-state index contributed by atoms with van der Waals surface area (Å²) in [5.41, 5.74) is 1.10. The van der Waals surface area contributed by atoms with Crippen LogP contribution in [0.3, 0.4) is 0 Å². The highest BCUT2D eigenvalue weighted by Crippen LogP contribution is 2.37. The molecule has 0 amide bonds. The van der Waals surface area contributed by atoms with Gasteiger partial charge in [-0.1, -0.05) is 6.07 Å². The molecule has 0 radical (unpaired) electrons. The van der Waals surface area contributed by atoms with Crippen LogP contribution in [-0.2, 0) is 16.2 Å². The van der Waals surface area contributed by atoms with E-state index in [1.54, 1.807) is 12.1 Å². The quantitative estimate of drug-likeness (QED) is 0.457. The maximum atomic E-state index is 13.6. The van der Waals surface area contributed by atoms with Crippen molar-refractivity contribution in [3.05, 3.63) is 42.4 Å². The predicted molar refractivity (Wildman–Crippen MR) is 107 cm³/mol. The van der Waals surface area contributed by atoms with Crippen LogP contribution in [-0.4, -0.2) is 49.1 Å². The topological polar surface area (TPSA) is 93.9 Å². The Labute approximate surface area is 178 Å². The molecule has 0 spiro atoms. The Kier molecular flexibility index (Phi) is 4.71. The lowest BCUT2D eigenvalue weighted by Crippen LogP contribution is -2.39. The maximum absolute atomic E-state index is 13.6. The molecule has 0 unspecified atom stereocenters. The molecule has 0 saturated carbocycles. The van der Waals surface area contributed by atoms with E-state index >= 15 is 0 Å². The summed E-state index contributed by atoms with van der Waals surface area (Å²) in [4.78, 5) is 7.88. The van der Waals surface area contributed by atoms with Gasteiger partial charge in [-0.3, -0.25) is 0 Å². The molecule has 31 heavy (non-hydrogen) atoms. The minimum atomic E-state index is -4.64. The third kappa shape index (κ3) is 3.36. The summed E-state index contributed by atoms with van der Waals surface area (Å²) in [6, 6.07) is 7.20. The molecule has 1 aliphatic heterocycles. The van der Waals surface area contributed by atoms with Gasteiger partial charge in [-0.15, -0.1) is 0 Å². The van der Waals surface area contributed by atoms with Crippen molar-refractivity contribution >= 4 is 43.9 Å². The van der Waals surface area contributed by atoms with Crippen molar-refractivity contribution in [3.8, 4) is 0 Å². The van der Waals surface area contributed by atoms with Crippen molar-refractivity contribution in [2.75, 3.05) is 13.1 Å². The summed E-state index contributed by atoms with van der Waals surface area (Å²) in [5.74, 6) is -1.01. The van der Waals surface area contributed by atoms with E-state index in [4.69, 9.17) is 0 Å². The molecular formula is C18H15F3N6O2S2. The van der Waals surface area contributed by atoms with Crippen LogP contribution in [0, 0.1) is 0 Å². The number of benzene rings is 1. The number of aromatic nitrogens is 5. The van der Waals surface area contributed by atoms with Gasteiger partial charge in [-0.25, -0.2) is 18.4 Å². The highest BCUT2D eigenvalue weighted by atomic mass is 32.2. The van der Waals surface area contributed by atoms with Crippen LogP contribution in [0.15, 0.2) is 41.4 Å². The monoisotopic (exact) mass is 468 g/mol. The van der Waals surface area contributed by atoms with Gasteiger partial charge in [0.25, 0.3) is 0 Å². The van der Waals surface area contributed by atoms with Crippen LogP contribution in [0.4, 0.5) is 13.2 Å². The zero-order chi connectivity index (χ0) is 21.8. The minimum Gasteiger partial charge on any atom is -0.302 e. The van der Waals surface area contributed by atoms with Crippen molar-refractivity contribution in [1.29, 1.82) is 0 Å². The Hall–Kier alpha value is -2.64. The van der Waals surface area contributed by atoms with Crippen molar-refractivity contribution in [2.24, 2.45) is 0 Å². The van der Waals surface area contributed by atoms with E-state index in [0.29, 0.717) is 11.0 Å². The third-order valence-corrected chi connectivity index (χ3v) is 7.83. The molecule has 0 N–H and O–H groups in total. The van der Waals surface area contributed by atoms with Crippen LogP contribution >= 0.6 is 11.7 Å². The second kappa shape index (κ2) is 7.21. The molecule has 162 valence electrons. The second-order valence-corrected chi connectivity index (χ2v) is 9.61. The first-order valence-corrected chi connectivity index (χ1v) is 11.6. The summed E-state index contributed by atoms with van der Waals surface area (Å²) in [6.45, 7) is 0.148. The molecule has 0 bridgehead atoms. The molecule has 4 heterocycles. The van der Waals surface area contributed by atoms with Gasteiger partial charge in [0.15, 0.2) is 5.65 Å². The standard InChI is InChI=1S/C18H15F3N6O2S2/c19-18(20,21)17-23-13-4-2-8-22-16(13)27(17)11-6-9-26(10-7-11)31(28,29)14-5-1-3-12-15(14)25-30-24-12/h1-5,8,11H,6-7,9-10H2. The SMILES string of the molecule is O=S(=O)(c1cccc2nsnc12)N1CCC(n2c(C(F)(F)F)nc3cccnc32)CC1. The van der Waals surface area contributed by atoms with Gasteiger partial charge in [0.05, 0.1) is 11.7 Å². The Balaban J connectivity index is 1.46. The molecule has 1 aromatic carbocycles. The summed E-state index contributed by atoms with van der Waals surface area (Å²) < 4.78 is 77.8. The smallest absolute Gasteiger partial charge is 0.302 e. The fraction of sp³-hybridized carbons (Fsp3) is 0.333. The number of rotatable bonds is 3. The first-order chi connectivity index (χ1) is 14.8. The highest BCUT2D eigenvalue weighted by molar-refractivity contribution is 7.89. The Bertz CT molecular complexity index is 1370. The molecule has 4 aromatic rings. The predicted octanol–water partition coefficient (Wildman–Crippen LogP) is 3.48. The van der Waals surface area contributed by atoms with Gasteiger partial charge < -0.3 is 4.57 Å². The molecule has 1 fully saturated rings. The van der Waals surface area contributed by atoms with Gasteiger partial charge in [-0.2, -0.15) is 26.2 Å². The van der Waals surface area contributed by atoms with Gasteiger partial charge in [0.2, 0.25) is 15.8 Å². The van der Waals surface area contributed by atoms with E-state index in [-0.39, 0.29) is 42.0 Å². The minimum absolute atomic E-state index is 0.0583. The Morgan fingerprint density at radius 1 is 1.03 bits per heavy atom. The number of sulfonamides is 1. The normalized spacial score (nSPS) is 17.0. The molecule has 3 aromatic heterocycles. The van der Waals surface area contributed by atoms with Crippen molar-refractivity contribution < 1.29 is 21.6 Å². The maximum Gasteiger partial charge on any atom is 0.449 e. The molecule has 1 saturated heterocycles. The van der Waals surface area contributed by atoms with Crippen LogP contribution in [0.1, 0.15) is 24.7 Å². The third-order valence-electron chi connectivity index (χ3n) is 5.36. The number of piperidine rings is 1. The van der Waals surface area contributed by atoms with Crippen molar-refractivity contribution in [3.63, 3.8) is 0 Å². The summed E-state index contributed by atoms with van der Waals surface area (Å²) in [5, 5.41) is 0. The van der Waals surface area contributed by atoms with E-state index in [0.717, 1.165) is 16.3 Å². The van der Waals surface area contributed by atoms with Crippen molar-refractivity contribution in [1.82, 2.24) is 27.6 Å². The average molecular weight is 468 g/mol. The summed E-state index contributed by atoms with van der Waals surface area (Å²) in [7, 11) is -3.86. The number of pyridine rings is 1. The largest absolute Gasteiger partial charge is 0.449 e. The molecule has 5 rings (SSSR count). The fourth-order valence-electron chi connectivity index (χ4n) is 3.94. The summed E-state index contributed by atoms with van der Waals surface area (Å²) in [6.07, 6.45) is -2.81. The van der Waals surface area contributed by atoms with E-state index in [1.165, 1.54) is 28.7 Å². The van der Waals surface area contributed by atoms with Crippen molar-refractivity contribution in [2.45, 2.75) is 30.0 Å². The highest BCUT2D eigenvalue weighted by Gasteiger charge is 2.41. The molecule has 8 nitrogen and oxygen atoms in total. The number of alkyl halides is 3. The number of hydrogen-bond acceptors (Lipinski definition) is 7. The molecule has 0 atom stereocenters. The Morgan fingerprint density at radius 3 is 2.52 bits per heavy atom. The van der Waals surface area contributed by atoms with Gasteiger partial charge in [0, 0.05) is 25.3 Å². The van der Waals surface area contributed by atoms with Crippen LogP contribution in [0.25, 0.3) is 22.2 Å². The molecule has 0 aliphatic carbocycles. The number of nitrogens with zero attached hydrogens (tertiary/aromatic N) is 6. The number of imidazole rings is 1. The second-order valence-electron chi connectivity index (χ2n) is 7.17. The first-order valence-electron chi connectivity index (χ1n) is 9.38. The molecule has 13 heteroatoms. The molecular weight excluding hydrogens is 453 g/mol. The lowest BCUT2D eigenvalue weighted by atomic mass is 10.1. The zero-order valence-corrected chi connectivity index (χ0v) is 17.5.